The smallest absolute Gasteiger partial charge is 0.220 e. The maximum Gasteiger partial charge on any atom is 0.220 e. The zero-order valence-corrected chi connectivity index (χ0v) is 12.1. The number of benzene rings is 1. The standard InChI is InChI=1S/C13H19NO2.C2H6/c1-10(2)7-13(15)14-9-11-5-4-6-12(8-11)16-3;1-2/h4-6,8,10H,7,9H2,1-3H3,(H,14,15);1-2H3. The van der Waals surface area contributed by atoms with E-state index >= 15 is 0 Å². The van der Waals surface area contributed by atoms with Crippen LogP contribution in [0.3, 0.4) is 0 Å². The molecule has 1 aromatic carbocycles. The number of carbonyl (C=O) groups excluding carboxylic acids is 1. The molecule has 3 heteroatoms. The van der Waals surface area contributed by atoms with Gasteiger partial charge in [-0.25, -0.2) is 0 Å². The molecule has 0 aromatic heterocycles. The van der Waals surface area contributed by atoms with E-state index in [1.54, 1.807) is 7.11 Å². The highest BCUT2D eigenvalue weighted by atomic mass is 16.5. The molecular formula is C15H25NO2. The Morgan fingerprint density at radius 1 is 1.33 bits per heavy atom. The van der Waals surface area contributed by atoms with Crippen LogP contribution in [0.2, 0.25) is 0 Å². The number of methoxy groups -OCH3 is 1. The van der Waals surface area contributed by atoms with Gasteiger partial charge in [-0.05, 0) is 23.6 Å². The second kappa shape index (κ2) is 9.51. The fraction of sp³-hybridized carbons (Fsp3) is 0.533. The summed E-state index contributed by atoms with van der Waals surface area (Å²) < 4.78 is 5.11. The number of hydrogen-bond acceptors (Lipinski definition) is 2. The molecular weight excluding hydrogens is 226 g/mol. The summed E-state index contributed by atoms with van der Waals surface area (Å²) in [4.78, 5) is 11.4. The summed E-state index contributed by atoms with van der Waals surface area (Å²) in [6, 6.07) is 7.70. The number of carbonyl (C=O) groups is 1. The molecule has 0 atom stereocenters. The Morgan fingerprint density at radius 2 is 2.00 bits per heavy atom. The molecule has 0 aliphatic rings. The molecule has 1 N–H and O–H groups in total. The van der Waals surface area contributed by atoms with Crippen molar-refractivity contribution in [2.24, 2.45) is 5.92 Å². The van der Waals surface area contributed by atoms with E-state index in [1.165, 1.54) is 0 Å². The fourth-order valence-electron chi connectivity index (χ4n) is 1.43. The van der Waals surface area contributed by atoms with Gasteiger partial charge in [-0.15, -0.1) is 0 Å². The molecule has 102 valence electrons. The van der Waals surface area contributed by atoms with Crippen molar-refractivity contribution in [3.8, 4) is 5.75 Å². The Labute approximate surface area is 111 Å². The Balaban J connectivity index is 0.00000137. The summed E-state index contributed by atoms with van der Waals surface area (Å²) in [5.74, 6) is 1.30. The first-order valence-corrected chi connectivity index (χ1v) is 6.51. The van der Waals surface area contributed by atoms with Crippen molar-refractivity contribution in [2.45, 2.75) is 40.7 Å². The lowest BCUT2D eigenvalue weighted by molar-refractivity contribution is -0.121. The van der Waals surface area contributed by atoms with Gasteiger partial charge in [-0.1, -0.05) is 39.8 Å². The molecule has 1 amide bonds. The highest BCUT2D eigenvalue weighted by Gasteiger charge is 2.04. The Kier molecular flexibility index (Phi) is 8.71. The van der Waals surface area contributed by atoms with Crippen LogP contribution in [0.5, 0.6) is 5.75 Å². The minimum Gasteiger partial charge on any atom is -0.497 e. The third-order valence-corrected chi connectivity index (χ3v) is 2.22. The third kappa shape index (κ3) is 6.94. The predicted octanol–water partition coefficient (Wildman–Crippen LogP) is 3.38. The Hall–Kier alpha value is -1.51. The summed E-state index contributed by atoms with van der Waals surface area (Å²) in [5, 5.41) is 2.89. The number of amides is 1. The molecule has 0 unspecified atom stereocenters. The maximum atomic E-state index is 11.4. The van der Waals surface area contributed by atoms with Gasteiger partial charge in [0.2, 0.25) is 5.91 Å². The van der Waals surface area contributed by atoms with Crippen molar-refractivity contribution >= 4 is 5.91 Å². The van der Waals surface area contributed by atoms with E-state index in [1.807, 2.05) is 52.0 Å². The van der Waals surface area contributed by atoms with E-state index in [0.29, 0.717) is 18.9 Å². The van der Waals surface area contributed by atoms with Crippen LogP contribution in [0, 0.1) is 5.92 Å². The molecule has 0 saturated heterocycles. The Morgan fingerprint density at radius 3 is 2.56 bits per heavy atom. The second-order valence-electron chi connectivity index (χ2n) is 4.23. The zero-order chi connectivity index (χ0) is 14.0. The SMILES string of the molecule is CC.COc1cccc(CNC(=O)CC(C)C)c1. The zero-order valence-electron chi connectivity index (χ0n) is 12.1. The molecule has 18 heavy (non-hydrogen) atoms. The quantitative estimate of drug-likeness (QED) is 0.871. The third-order valence-electron chi connectivity index (χ3n) is 2.22. The van der Waals surface area contributed by atoms with Crippen LogP contribution >= 0.6 is 0 Å². The minimum atomic E-state index is 0.0952. The molecule has 0 aliphatic heterocycles. The van der Waals surface area contributed by atoms with E-state index < -0.39 is 0 Å². The summed E-state index contributed by atoms with van der Waals surface area (Å²) in [6.45, 7) is 8.62. The largest absolute Gasteiger partial charge is 0.497 e. The number of nitrogens with one attached hydrogen (secondary N) is 1. The van der Waals surface area contributed by atoms with Gasteiger partial charge in [0.25, 0.3) is 0 Å². The summed E-state index contributed by atoms with van der Waals surface area (Å²) in [5.41, 5.74) is 1.05. The van der Waals surface area contributed by atoms with Crippen LogP contribution in [-0.4, -0.2) is 13.0 Å². The highest BCUT2D eigenvalue weighted by molar-refractivity contribution is 5.76. The second-order valence-corrected chi connectivity index (χ2v) is 4.23. The van der Waals surface area contributed by atoms with Gasteiger partial charge in [0.1, 0.15) is 5.75 Å². The van der Waals surface area contributed by atoms with Crippen LogP contribution in [0.4, 0.5) is 0 Å². The topological polar surface area (TPSA) is 38.3 Å². The summed E-state index contributed by atoms with van der Waals surface area (Å²) in [7, 11) is 1.64. The summed E-state index contributed by atoms with van der Waals surface area (Å²) >= 11 is 0. The molecule has 1 rings (SSSR count). The molecule has 0 aliphatic carbocycles. The van der Waals surface area contributed by atoms with Gasteiger partial charge in [0.15, 0.2) is 0 Å². The van der Waals surface area contributed by atoms with Crippen molar-refractivity contribution in [1.29, 1.82) is 0 Å². The monoisotopic (exact) mass is 251 g/mol. The first-order chi connectivity index (χ1) is 8.61. The predicted molar refractivity (Wildman–Crippen MR) is 75.6 cm³/mol. The van der Waals surface area contributed by atoms with Crippen molar-refractivity contribution in [2.75, 3.05) is 7.11 Å². The van der Waals surface area contributed by atoms with Crippen LogP contribution in [-0.2, 0) is 11.3 Å². The van der Waals surface area contributed by atoms with E-state index in [-0.39, 0.29) is 5.91 Å². The molecule has 0 fully saturated rings. The average Bonchev–Trinajstić information content (AvgIpc) is 2.38. The van der Waals surface area contributed by atoms with E-state index in [9.17, 15) is 4.79 Å². The molecule has 0 spiro atoms. The lowest BCUT2D eigenvalue weighted by atomic mass is 10.1. The van der Waals surface area contributed by atoms with E-state index in [2.05, 4.69) is 5.32 Å². The summed E-state index contributed by atoms with van der Waals surface area (Å²) in [6.07, 6.45) is 0.573. The van der Waals surface area contributed by atoms with Crippen LogP contribution in [0.1, 0.15) is 39.7 Å². The highest BCUT2D eigenvalue weighted by Crippen LogP contribution is 2.12. The molecule has 0 bridgehead atoms. The van der Waals surface area contributed by atoms with Gasteiger partial charge in [-0.3, -0.25) is 4.79 Å². The average molecular weight is 251 g/mol. The lowest BCUT2D eigenvalue weighted by Gasteiger charge is -2.08. The van der Waals surface area contributed by atoms with Crippen LogP contribution < -0.4 is 10.1 Å². The first kappa shape index (κ1) is 16.5. The van der Waals surface area contributed by atoms with Crippen LogP contribution in [0.15, 0.2) is 24.3 Å². The van der Waals surface area contributed by atoms with Gasteiger partial charge >= 0.3 is 0 Å². The van der Waals surface area contributed by atoms with Crippen molar-refractivity contribution in [1.82, 2.24) is 5.32 Å². The number of ether oxygens (including phenoxy) is 1. The number of hydrogen-bond donors (Lipinski definition) is 1. The number of rotatable bonds is 5. The van der Waals surface area contributed by atoms with Gasteiger partial charge in [-0.2, -0.15) is 0 Å². The first-order valence-electron chi connectivity index (χ1n) is 6.51. The van der Waals surface area contributed by atoms with Crippen molar-refractivity contribution in [3.05, 3.63) is 29.8 Å². The molecule has 0 saturated carbocycles. The van der Waals surface area contributed by atoms with Crippen molar-refractivity contribution in [3.63, 3.8) is 0 Å². The van der Waals surface area contributed by atoms with Gasteiger partial charge in [0.05, 0.1) is 7.11 Å². The van der Waals surface area contributed by atoms with E-state index in [4.69, 9.17) is 4.74 Å². The van der Waals surface area contributed by atoms with Crippen LogP contribution in [0.25, 0.3) is 0 Å². The molecule has 0 heterocycles. The minimum absolute atomic E-state index is 0.0952. The molecule has 0 radical (unpaired) electrons. The molecule has 1 aromatic rings. The molecule has 3 nitrogen and oxygen atoms in total. The fourth-order valence-corrected chi connectivity index (χ4v) is 1.43. The lowest BCUT2D eigenvalue weighted by Crippen LogP contribution is -2.23. The van der Waals surface area contributed by atoms with Crippen molar-refractivity contribution < 1.29 is 9.53 Å². The maximum absolute atomic E-state index is 11.4. The normalized spacial score (nSPS) is 9.44. The van der Waals surface area contributed by atoms with Gasteiger partial charge in [0, 0.05) is 13.0 Å². The van der Waals surface area contributed by atoms with E-state index in [0.717, 1.165) is 11.3 Å². The Bertz CT molecular complexity index is 348. The van der Waals surface area contributed by atoms with Gasteiger partial charge < -0.3 is 10.1 Å².